The number of carbonyl (C=O) groups is 1. The number of ether oxygens (including phenoxy) is 1. The SMILES string of the molecule is COC(=O)C(N)c1cnc(N)c2ocnc12. The van der Waals surface area contributed by atoms with Crippen LogP contribution in [0.15, 0.2) is 17.0 Å². The van der Waals surface area contributed by atoms with Gasteiger partial charge in [-0.15, -0.1) is 0 Å². The van der Waals surface area contributed by atoms with Gasteiger partial charge in [-0.1, -0.05) is 0 Å². The number of esters is 1. The van der Waals surface area contributed by atoms with Crippen LogP contribution in [0.5, 0.6) is 0 Å². The molecular weight excluding hydrogens is 212 g/mol. The van der Waals surface area contributed by atoms with Gasteiger partial charge >= 0.3 is 5.97 Å². The number of nitrogen functional groups attached to an aromatic ring is 1. The van der Waals surface area contributed by atoms with Gasteiger partial charge in [0, 0.05) is 11.8 Å². The minimum absolute atomic E-state index is 0.202. The molecule has 0 bridgehead atoms. The van der Waals surface area contributed by atoms with Gasteiger partial charge in [0.05, 0.1) is 7.11 Å². The van der Waals surface area contributed by atoms with Crippen molar-refractivity contribution in [2.24, 2.45) is 5.73 Å². The Balaban J connectivity index is 2.57. The molecule has 2 rings (SSSR count). The first-order valence-corrected chi connectivity index (χ1v) is 4.46. The summed E-state index contributed by atoms with van der Waals surface area (Å²) in [4.78, 5) is 19.1. The summed E-state index contributed by atoms with van der Waals surface area (Å²) in [6.07, 6.45) is 2.61. The zero-order chi connectivity index (χ0) is 11.7. The second-order valence-corrected chi connectivity index (χ2v) is 3.13. The molecule has 7 heteroatoms. The van der Waals surface area contributed by atoms with Crippen LogP contribution in [0.4, 0.5) is 5.82 Å². The van der Waals surface area contributed by atoms with Crippen molar-refractivity contribution in [3.8, 4) is 0 Å². The largest absolute Gasteiger partial charge is 0.468 e. The fourth-order valence-corrected chi connectivity index (χ4v) is 1.37. The highest BCUT2D eigenvalue weighted by atomic mass is 16.5. The van der Waals surface area contributed by atoms with Crippen molar-refractivity contribution >= 4 is 22.9 Å². The number of methoxy groups -OCH3 is 1. The predicted molar refractivity (Wildman–Crippen MR) is 55.2 cm³/mol. The van der Waals surface area contributed by atoms with Crippen LogP contribution in [-0.2, 0) is 9.53 Å². The Labute approximate surface area is 90.4 Å². The standard InChI is InChI=1S/C9H10N4O3/c1-15-9(14)5(10)4-2-12-8(11)7-6(4)13-3-16-7/h2-3,5H,10H2,1H3,(H2,11,12). The summed E-state index contributed by atoms with van der Waals surface area (Å²) in [7, 11) is 1.26. The molecule has 0 saturated heterocycles. The Hall–Kier alpha value is -2.15. The van der Waals surface area contributed by atoms with E-state index in [-0.39, 0.29) is 5.82 Å². The van der Waals surface area contributed by atoms with Crippen molar-refractivity contribution in [2.45, 2.75) is 6.04 Å². The molecule has 84 valence electrons. The number of anilines is 1. The highest BCUT2D eigenvalue weighted by molar-refractivity contribution is 5.89. The van der Waals surface area contributed by atoms with Crippen molar-refractivity contribution in [3.05, 3.63) is 18.2 Å². The number of aromatic nitrogens is 2. The van der Waals surface area contributed by atoms with Crippen molar-refractivity contribution < 1.29 is 13.9 Å². The van der Waals surface area contributed by atoms with Crippen LogP contribution in [0.25, 0.3) is 11.1 Å². The molecule has 0 aliphatic carbocycles. The van der Waals surface area contributed by atoms with Crippen molar-refractivity contribution in [3.63, 3.8) is 0 Å². The van der Waals surface area contributed by atoms with E-state index in [1.807, 2.05) is 0 Å². The molecular formula is C9H10N4O3. The molecule has 0 saturated carbocycles. The summed E-state index contributed by atoms with van der Waals surface area (Å²) < 4.78 is 9.59. The van der Waals surface area contributed by atoms with E-state index < -0.39 is 12.0 Å². The molecule has 0 amide bonds. The fraction of sp³-hybridized carbons (Fsp3) is 0.222. The van der Waals surface area contributed by atoms with Crippen molar-refractivity contribution in [1.29, 1.82) is 0 Å². The summed E-state index contributed by atoms with van der Waals surface area (Å²) in [6.45, 7) is 0. The van der Waals surface area contributed by atoms with Gasteiger partial charge in [-0.05, 0) is 0 Å². The van der Waals surface area contributed by atoms with E-state index in [0.717, 1.165) is 0 Å². The lowest BCUT2D eigenvalue weighted by Crippen LogP contribution is -2.23. The maximum absolute atomic E-state index is 11.3. The van der Waals surface area contributed by atoms with Gasteiger partial charge in [-0.3, -0.25) is 4.79 Å². The molecule has 2 aromatic rings. The average molecular weight is 222 g/mol. The van der Waals surface area contributed by atoms with Crippen LogP contribution in [0.2, 0.25) is 0 Å². The summed E-state index contributed by atoms with van der Waals surface area (Å²) in [6, 6.07) is -0.953. The summed E-state index contributed by atoms with van der Waals surface area (Å²) >= 11 is 0. The van der Waals surface area contributed by atoms with Crippen LogP contribution in [0.1, 0.15) is 11.6 Å². The normalized spacial score (nSPS) is 12.6. The average Bonchev–Trinajstić information content (AvgIpc) is 2.77. The Morgan fingerprint density at radius 2 is 2.31 bits per heavy atom. The Morgan fingerprint density at radius 1 is 1.56 bits per heavy atom. The van der Waals surface area contributed by atoms with Gasteiger partial charge in [0.1, 0.15) is 11.6 Å². The van der Waals surface area contributed by atoms with E-state index >= 15 is 0 Å². The number of rotatable bonds is 2. The summed E-state index contributed by atoms with van der Waals surface area (Å²) in [5.41, 5.74) is 12.4. The first-order chi connectivity index (χ1) is 7.65. The monoisotopic (exact) mass is 222 g/mol. The molecule has 0 aromatic carbocycles. The van der Waals surface area contributed by atoms with Crippen LogP contribution in [0, 0.1) is 0 Å². The quantitative estimate of drug-likeness (QED) is 0.685. The second kappa shape index (κ2) is 3.78. The zero-order valence-electron chi connectivity index (χ0n) is 8.51. The van der Waals surface area contributed by atoms with Gasteiger partial charge in [0.15, 0.2) is 17.8 Å². The molecule has 4 N–H and O–H groups in total. The molecule has 2 aromatic heterocycles. The number of carbonyl (C=O) groups excluding carboxylic acids is 1. The minimum atomic E-state index is -0.953. The molecule has 1 atom stereocenters. The molecule has 0 spiro atoms. The van der Waals surface area contributed by atoms with E-state index in [2.05, 4.69) is 14.7 Å². The topological polar surface area (TPSA) is 117 Å². The lowest BCUT2D eigenvalue weighted by atomic mass is 10.1. The fourth-order valence-electron chi connectivity index (χ4n) is 1.37. The molecule has 1 unspecified atom stereocenters. The lowest BCUT2D eigenvalue weighted by molar-refractivity contribution is -0.142. The van der Waals surface area contributed by atoms with E-state index in [1.165, 1.54) is 19.7 Å². The molecule has 0 fully saturated rings. The Kier molecular flexibility index (Phi) is 2.45. The van der Waals surface area contributed by atoms with E-state index in [9.17, 15) is 4.79 Å². The van der Waals surface area contributed by atoms with Crippen LogP contribution in [0.3, 0.4) is 0 Å². The van der Waals surface area contributed by atoms with Gasteiger partial charge in [-0.25, -0.2) is 9.97 Å². The van der Waals surface area contributed by atoms with Gasteiger partial charge in [0.25, 0.3) is 0 Å². The third kappa shape index (κ3) is 1.47. The van der Waals surface area contributed by atoms with Gasteiger partial charge in [0.2, 0.25) is 0 Å². The molecule has 7 nitrogen and oxygen atoms in total. The summed E-state index contributed by atoms with van der Waals surface area (Å²) in [5.74, 6) is -0.371. The maximum Gasteiger partial charge on any atom is 0.327 e. The maximum atomic E-state index is 11.3. The van der Waals surface area contributed by atoms with E-state index in [0.29, 0.717) is 16.7 Å². The van der Waals surface area contributed by atoms with Crippen molar-refractivity contribution in [2.75, 3.05) is 12.8 Å². The van der Waals surface area contributed by atoms with Crippen molar-refractivity contribution in [1.82, 2.24) is 9.97 Å². The third-order valence-electron chi connectivity index (χ3n) is 2.21. The van der Waals surface area contributed by atoms with Crippen LogP contribution >= 0.6 is 0 Å². The number of oxazole rings is 1. The molecule has 0 aliphatic heterocycles. The van der Waals surface area contributed by atoms with E-state index in [1.54, 1.807) is 0 Å². The highest BCUT2D eigenvalue weighted by Crippen LogP contribution is 2.25. The van der Waals surface area contributed by atoms with Crippen LogP contribution < -0.4 is 11.5 Å². The smallest absolute Gasteiger partial charge is 0.327 e. The Morgan fingerprint density at radius 3 is 3.00 bits per heavy atom. The first kappa shape index (κ1) is 10.4. The Bertz CT molecular complexity index is 537. The third-order valence-corrected chi connectivity index (χ3v) is 2.21. The number of hydrogen-bond acceptors (Lipinski definition) is 7. The van der Waals surface area contributed by atoms with Crippen LogP contribution in [-0.4, -0.2) is 23.0 Å². The van der Waals surface area contributed by atoms with Gasteiger partial charge in [-0.2, -0.15) is 0 Å². The first-order valence-electron chi connectivity index (χ1n) is 4.46. The summed E-state index contributed by atoms with van der Waals surface area (Å²) in [5, 5.41) is 0. The predicted octanol–water partition coefficient (Wildman–Crippen LogP) is -0.0222. The van der Waals surface area contributed by atoms with E-state index in [4.69, 9.17) is 15.9 Å². The number of nitrogens with two attached hydrogens (primary N) is 2. The van der Waals surface area contributed by atoms with Gasteiger partial charge < -0.3 is 20.6 Å². The number of pyridine rings is 1. The minimum Gasteiger partial charge on any atom is -0.468 e. The zero-order valence-corrected chi connectivity index (χ0v) is 8.51. The molecule has 16 heavy (non-hydrogen) atoms. The number of hydrogen-bond donors (Lipinski definition) is 2. The highest BCUT2D eigenvalue weighted by Gasteiger charge is 2.22. The second-order valence-electron chi connectivity index (χ2n) is 3.13. The number of fused-ring (bicyclic) bond motifs is 1. The molecule has 2 heterocycles. The molecule has 0 radical (unpaired) electrons. The molecule has 0 aliphatic rings. The number of nitrogens with zero attached hydrogens (tertiary/aromatic N) is 2. The lowest BCUT2D eigenvalue weighted by Gasteiger charge is -2.09.